The summed E-state index contributed by atoms with van der Waals surface area (Å²) >= 11 is 0. The molecule has 0 spiro atoms. The molecule has 7 nitrogen and oxygen atoms in total. The number of aryl methyl sites for hydroxylation is 3. The Kier molecular flexibility index (Phi) is 4.32. The van der Waals surface area contributed by atoms with Gasteiger partial charge in [0.1, 0.15) is 18.0 Å². The second-order valence-electron chi connectivity index (χ2n) is 5.30. The first-order chi connectivity index (χ1) is 10.8. The SMILES string of the molecule is CCCc1cc(NCCCn2ccnc2C)n2ncnc2n1. The number of nitrogens with one attached hydrogen (secondary N) is 1. The van der Waals surface area contributed by atoms with Crippen molar-refractivity contribution in [3.8, 4) is 0 Å². The maximum absolute atomic E-state index is 4.50. The summed E-state index contributed by atoms with van der Waals surface area (Å²) in [6.45, 7) is 5.98. The summed E-state index contributed by atoms with van der Waals surface area (Å²) in [6, 6.07) is 2.06. The van der Waals surface area contributed by atoms with Gasteiger partial charge in [-0.15, -0.1) is 0 Å². The first-order valence-electron chi connectivity index (χ1n) is 7.69. The van der Waals surface area contributed by atoms with E-state index in [1.54, 1.807) is 4.52 Å². The van der Waals surface area contributed by atoms with Gasteiger partial charge in [0.25, 0.3) is 5.78 Å². The fraction of sp³-hybridized carbons (Fsp3) is 0.467. The fourth-order valence-corrected chi connectivity index (χ4v) is 2.48. The molecule has 0 radical (unpaired) electrons. The summed E-state index contributed by atoms with van der Waals surface area (Å²) in [5.74, 6) is 2.65. The van der Waals surface area contributed by atoms with Crippen LogP contribution in [0, 0.1) is 6.92 Å². The van der Waals surface area contributed by atoms with Crippen LogP contribution in [0.1, 0.15) is 31.3 Å². The van der Waals surface area contributed by atoms with Crippen molar-refractivity contribution in [2.45, 2.75) is 39.7 Å². The first-order valence-corrected chi connectivity index (χ1v) is 7.69. The lowest BCUT2D eigenvalue weighted by Crippen LogP contribution is -2.11. The highest BCUT2D eigenvalue weighted by molar-refractivity contribution is 5.44. The topological polar surface area (TPSA) is 72.9 Å². The maximum atomic E-state index is 4.50. The van der Waals surface area contributed by atoms with E-state index in [4.69, 9.17) is 0 Å². The van der Waals surface area contributed by atoms with Gasteiger partial charge in [-0.05, 0) is 19.8 Å². The summed E-state index contributed by atoms with van der Waals surface area (Å²) in [4.78, 5) is 12.9. The Morgan fingerprint density at radius 2 is 2.18 bits per heavy atom. The van der Waals surface area contributed by atoms with Crippen molar-refractivity contribution in [3.05, 3.63) is 36.3 Å². The van der Waals surface area contributed by atoms with Crippen molar-refractivity contribution in [2.75, 3.05) is 11.9 Å². The molecule has 0 amide bonds. The van der Waals surface area contributed by atoms with Gasteiger partial charge in [0, 0.05) is 37.2 Å². The minimum atomic E-state index is 0.652. The molecule has 22 heavy (non-hydrogen) atoms. The van der Waals surface area contributed by atoms with Crippen molar-refractivity contribution in [3.63, 3.8) is 0 Å². The predicted octanol–water partition coefficient (Wildman–Crippen LogP) is 2.08. The average Bonchev–Trinajstić information content (AvgIpc) is 3.13. The molecule has 0 aliphatic heterocycles. The molecule has 3 aromatic heterocycles. The average molecular weight is 299 g/mol. The Bertz CT molecular complexity index is 743. The van der Waals surface area contributed by atoms with Crippen molar-refractivity contribution in [1.82, 2.24) is 29.1 Å². The van der Waals surface area contributed by atoms with Crippen molar-refractivity contribution >= 4 is 11.6 Å². The van der Waals surface area contributed by atoms with Gasteiger partial charge in [-0.1, -0.05) is 13.3 Å². The largest absolute Gasteiger partial charge is 0.370 e. The second-order valence-corrected chi connectivity index (χ2v) is 5.30. The van der Waals surface area contributed by atoms with Crippen LogP contribution in [0.4, 0.5) is 5.82 Å². The normalized spacial score (nSPS) is 11.2. The highest BCUT2D eigenvalue weighted by Crippen LogP contribution is 2.12. The third kappa shape index (κ3) is 3.08. The summed E-state index contributed by atoms with van der Waals surface area (Å²) in [6.07, 6.45) is 8.41. The van der Waals surface area contributed by atoms with E-state index in [2.05, 4.69) is 42.9 Å². The molecular weight excluding hydrogens is 278 g/mol. The minimum absolute atomic E-state index is 0.652. The van der Waals surface area contributed by atoms with E-state index in [9.17, 15) is 0 Å². The van der Waals surface area contributed by atoms with E-state index in [0.29, 0.717) is 5.78 Å². The second kappa shape index (κ2) is 6.55. The molecule has 1 N–H and O–H groups in total. The van der Waals surface area contributed by atoms with E-state index in [-0.39, 0.29) is 0 Å². The molecule has 0 unspecified atom stereocenters. The van der Waals surface area contributed by atoms with Crippen molar-refractivity contribution in [2.24, 2.45) is 0 Å². The molecule has 0 saturated carbocycles. The monoisotopic (exact) mass is 299 g/mol. The highest BCUT2D eigenvalue weighted by Gasteiger charge is 2.07. The van der Waals surface area contributed by atoms with Crippen LogP contribution < -0.4 is 5.32 Å². The molecule has 7 heteroatoms. The number of nitrogens with zero attached hydrogens (tertiary/aromatic N) is 6. The quantitative estimate of drug-likeness (QED) is 0.676. The Labute approximate surface area is 129 Å². The zero-order valence-electron chi connectivity index (χ0n) is 13.0. The van der Waals surface area contributed by atoms with E-state index < -0.39 is 0 Å². The summed E-state index contributed by atoms with van der Waals surface area (Å²) < 4.78 is 3.91. The lowest BCUT2D eigenvalue weighted by Gasteiger charge is -2.10. The molecule has 0 aromatic carbocycles. The summed E-state index contributed by atoms with van der Waals surface area (Å²) in [7, 11) is 0. The van der Waals surface area contributed by atoms with Crippen LogP contribution in [0.15, 0.2) is 24.8 Å². The third-order valence-electron chi connectivity index (χ3n) is 3.62. The Morgan fingerprint density at radius 3 is 2.95 bits per heavy atom. The number of fused-ring (bicyclic) bond motifs is 1. The Morgan fingerprint density at radius 1 is 1.27 bits per heavy atom. The van der Waals surface area contributed by atoms with Crippen LogP contribution in [-0.4, -0.2) is 35.7 Å². The molecule has 0 aliphatic carbocycles. The van der Waals surface area contributed by atoms with E-state index in [0.717, 1.165) is 49.7 Å². The fourth-order valence-electron chi connectivity index (χ4n) is 2.48. The molecule has 3 rings (SSSR count). The molecule has 0 aliphatic rings. The van der Waals surface area contributed by atoms with Crippen LogP contribution in [0.2, 0.25) is 0 Å². The van der Waals surface area contributed by atoms with Gasteiger partial charge in [0.05, 0.1) is 0 Å². The van der Waals surface area contributed by atoms with Crippen LogP contribution in [-0.2, 0) is 13.0 Å². The van der Waals surface area contributed by atoms with Gasteiger partial charge in [0.15, 0.2) is 0 Å². The zero-order chi connectivity index (χ0) is 15.4. The smallest absolute Gasteiger partial charge is 0.254 e. The molecule has 0 atom stereocenters. The number of hydrogen-bond donors (Lipinski definition) is 1. The summed E-state index contributed by atoms with van der Waals surface area (Å²) in [5, 5.41) is 7.67. The molecule has 116 valence electrons. The number of rotatable bonds is 7. The van der Waals surface area contributed by atoms with E-state index >= 15 is 0 Å². The van der Waals surface area contributed by atoms with Crippen LogP contribution >= 0.6 is 0 Å². The molecule has 0 bridgehead atoms. The van der Waals surface area contributed by atoms with Crippen molar-refractivity contribution < 1.29 is 0 Å². The molecular formula is C15H21N7. The highest BCUT2D eigenvalue weighted by atomic mass is 15.3. The van der Waals surface area contributed by atoms with Gasteiger partial charge < -0.3 is 9.88 Å². The van der Waals surface area contributed by atoms with Gasteiger partial charge in [-0.25, -0.2) is 9.97 Å². The number of hydrogen-bond acceptors (Lipinski definition) is 5. The maximum Gasteiger partial charge on any atom is 0.254 e. The van der Waals surface area contributed by atoms with Gasteiger partial charge >= 0.3 is 0 Å². The lowest BCUT2D eigenvalue weighted by molar-refractivity contribution is 0.641. The van der Waals surface area contributed by atoms with Crippen molar-refractivity contribution in [1.29, 1.82) is 0 Å². The van der Waals surface area contributed by atoms with Gasteiger partial charge in [-0.2, -0.15) is 14.6 Å². The summed E-state index contributed by atoms with van der Waals surface area (Å²) in [5.41, 5.74) is 1.05. The van der Waals surface area contributed by atoms with Gasteiger partial charge in [-0.3, -0.25) is 0 Å². The lowest BCUT2D eigenvalue weighted by atomic mass is 10.2. The van der Waals surface area contributed by atoms with Crippen LogP contribution in [0.5, 0.6) is 0 Å². The molecule has 3 heterocycles. The molecule has 3 aromatic rings. The first kappa shape index (κ1) is 14.5. The predicted molar refractivity (Wildman–Crippen MR) is 84.8 cm³/mol. The number of imidazole rings is 1. The van der Waals surface area contributed by atoms with E-state index in [1.165, 1.54) is 6.33 Å². The number of anilines is 1. The van der Waals surface area contributed by atoms with Crippen LogP contribution in [0.25, 0.3) is 5.78 Å². The number of aromatic nitrogens is 6. The van der Waals surface area contributed by atoms with E-state index in [1.807, 2.05) is 19.3 Å². The van der Waals surface area contributed by atoms with Gasteiger partial charge in [0.2, 0.25) is 0 Å². The standard InChI is InChI=1S/C15H21N7/c1-3-5-13-10-14(22-15(20-13)18-11-19-22)17-6-4-8-21-9-7-16-12(21)2/h7,9-11,17H,3-6,8H2,1-2H3. The molecule has 0 fully saturated rings. The van der Waals surface area contributed by atoms with Crippen LogP contribution in [0.3, 0.4) is 0 Å². The Balaban J connectivity index is 1.65. The Hall–Kier alpha value is -2.44. The third-order valence-corrected chi connectivity index (χ3v) is 3.62. The minimum Gasteiger partial charge on any atom is -0.370 e. The zero-order valence-corrected chi connectivity index (χ0v) is 13.0. The molecule has 0 saturated heterocycles.